The number of benzene rings is 3. The Morgan fingerprint density at radius 1 is 0.868 bits per heavy atom. The zero-order chi connectivity index (χ0) is 27.1. The minimum Gasteiger partial charge on any atom is -0.462 e. The first kappa shape index (κ1) is 26.6. The van der Waals surface area contributed by atoms with Gasteiger partial charge in [-0.1, -0.05) is 61.0 Å². The second-order valence-corrected chi connectivity index (χ2v) is 8.94. The third kappa shape index (κ3) is 6.27. The van der Waals surface area contributed by atoms with Gasteiger partial charge in [-0.25, -0.2) is 4.79 Å². The predicted molar refractivity (Wildman–Crippen MR) is 145 cm³/mol. The van der Waals surface area contributed by atoms with Crippen LogP contribution in [0.15, 0.2) is 89.6 Å². The van der Waals surface area contributed by atoms with Crippen LogP contribution in [0.3, 0.4) is 0 Å². The second-order valence-electron chi connectivity index (χ2n) is 8.56. The molecule has 1 aliphatic rings. The van der Waals surface area contributed by atoms with Crippen LogP contribution in [-0.2, 0) is 20.7 Å². The lowest BCUT2D eigenvalue weighted by atomic mass is 10.1. The number of amides is 3. The maximum atomic E-state index is 12.9. The van der Waals surface area contributed by atoms with Gasteiger partial charge in [-0.05, 0) is 54.8 Å². The standard InChI is InChI=1S/C29H26ClN3O5/c1-2-16-38-29(37)21-11-7-13-23(18-21)32-26(34)20-10-6-12-22(17-20)31-25-24(30)27(35)33(28(25)36)15-14-19-8-4-3-5-9-19/h3-13,17-18,31H,2,14-16H2,1H3,(H,32,34). The van der Waals surface area contributed by atoms with Crippen LogP contribution in [0.1, 0.15) is 39.6 Å². The van der Waals surface area contributed by atoms with Crippen molar-refractivity contribution in [3.05, 3.63) is 106 Å². The number of carbonyl (C=O) groups excluding carboxylic acids is 4. The van der Waals surface area contributed by atoms with Gasteiger partial charge in [0, 0.05) is 23.5 Å². The molecule has 1 aliphatic heterocycles. The summed E-state index contributed by atoms with van der Waals surface area (Å²) in [5, 5.41) is 5.44. The van der Waals surface area contributed by atoms with E-state index in [0.717, 1.165) is 10.5 Å². The summed E-state index contributed by atoms with van der Waals surface area (Å²) in [5.74, 6) is -1.99. The lowest BCUT2D eigenvalue weighted by Crippen LogP contribution is -2.34. The van der Waals surface area contributed by atoms with Crippen LogP contribution < -0.4 is 10.6 Å². The molecule has 0 atom stereocenters. The predicted octanol–water partition coefficient (Wildman–Crippen LogP) is 4.98. The van der Waals surface area contributed by atoms with Crippen molar-refractivity contribution in [2.75, 3.05) is 23.8 Å². The van der Waals surface area contributed by atoms with Gasteiger partial charge in [-0.2, -0.15) is 0 Å². The van der Waals surface area contributed by atoms with E-state index in [1.165, 1.54) is 12.1 Å². The lowest BCUT2D eigenvalue weighted by Gasteiger charge is -2.15. The van der Waals surface area contributed by atoms with Gasteiger partial charge in [0.2, 0.25) is 0 Å². The molecular formula is C29H26ClN3O5. The van der Waals surface area contributed by atoms with Crippen molar-refractivity contribution in [1.29, 1.82) is 0 Å². The minimum absolute atomic E-state index is 0.0411. The summed E-state index contributed by atoms with van der Waals surface area (Å²) in [7, 11) is 0. The monoisotopic (exact) mass is 531 g/mol. The maximum absolute atomic E-state index is 12.9. The number of nitrogens with zero attached hydrogens (tertiary/aromatic N) is 1. The fourth-order valence-electron chi connectivity index (χ4n) is 3.83. The molecule has 0 fully saturated rings. The van der Waals surface area contributed by atoms with E-state index in [9.17, 15) is 19.2 Å². The van der Waals surface area contributed by atoms with E-state index in [1.807, 2.05) is 37.3 Å². The average molecular weight is 532 g/mol. The summed E-state index contributed by atoms with van der Waals surface area (Å²) < 4.78 is 5.14. The molecule has 0 aliphatic carbocycles. The van der Waals surface area contributed by atoms with E-state index >= 15 is 0 Å². The highest BCUT2D eigenvalue weighted by molar-refractivity contribution is 6.48. The molecule has 3 amide bonds. The van der Waals surface area contributed by atoms with Crippen molar-refractivity contribution in [3.63, 3.8) is 0 Å². The largest absolute Gasteiger partial charge is 0.462 e. The summed E-state index contributed by atoms with van der Waals surface area (Å²) in [4.78, 5) is 51.7. The van der Waals surface area contributed by atoms with Crippen LogP contribution in [0, 0.1) is 0 Å². The first-order valence-corrected chi connectivity index (χ1v) is 12.5. The van der Waals surface area contributed by atoms with Crippen molar-refractivity contribution >= 4 is 46.7 Å². The van der Waals surface area contributed by atoms with Crippen molar-refractivity contribution < 1.29 is 23.9 Å². The molecule has 0 radical (unpaired) electrons. The van der Waals surface area contributed by atoms with Crippen LogP contribution in [0.25, 0.3) is 0 Å². The molecule has 1 heterocycles. The number of esters is 1. The number of hydrogen-bond acceptors (Lipinski definition) is 6. The Morgan fingerprint density at radius 3 is 2.29 bits per heavy atom. The zero-order valence-corrected chi connectivity index (χ0v) is 21.5. The highest BCUT2D eigenvalue weighted by Gasteiger charge is 2.37. The Morgan fingerprint density at radius 2 is 1.55 bits per heavy atom. The number of halogens is 1. The topological polar surface area (TPSA) is 105 Å². The maximum Gasteiger partial charge on any atom is 0.338 e. The number of imide groups is 1. The fourth-order valence-corrected chi connectivity index (χ4v) is 4.06. The smallest absolute Gasteiger partial charge is 0.338 e. The van der Waals surface area contributed by atoms with Gasteiger partial charge >= 0.3 is 5.97 Å². The fraction of sp³-hybridized carbons (Fsp3) is 0.172. The van der Waals surface area contributed by atoms with Crippen LogP contribution >= 0.6 is 11.6 Å². The molecule has 194 valence electrons. The molecule has 0 bridgehead atoms. The molecule has 3 aromatic rings. The van der Waals surface area contributed by atoms with Crippen molar-refractivity contribution in [3.8, 4) is 0 Å². The van der Waals surface area contributed by atoms with Gasteiger partial charge < -0.3 is 15.4 Å². The van der Waals surface area contributed by atoms with Crippen LogP contribution in [-0.4, -0.2) is 41.7 Å². The third-order valence-corrected chi connectivity index (χ3v) is 6.12. The number of nitrogens with one attached hydrogen (secondary N) is 2. The Labute approximate surface area is 225 Å². The molecule has 0 unspecified atom stereocenters. The normalized spacial score (nSPS) is 13.1. The summed E-state index contributed by atoms with van der Waals surface area (Å²) >= 11 is 6.22. The van der Waals surface area contributed by atoms with Gasteiger partial charge in [0.25, 0.3) is 17.7 Å². The number of carbonyl (C=O) groups is 4. The molecule has 0 spiro atoms. The number of rotatable bonds is 10. The highest BCUT2D eigenvalue weighted by atomic mass is 35.5. The quantitative estimate of drug-likeness (QED) is 0.282. The average Bonchev–Trinajstić information content (AvgIpc) is 3.13. The molecule has 8 nitrogen and oxygen atoms in total. The van der Waals surface area contributed by atoms with Gasteiger partial charge in [-0.15, -0.1) is 0 Å². The highest BCUT2D eigenvalue weighted by Crippen LogP contribution is 2.26. The van der Waals surface area contributed by atoms with Crippen LogP contribution in [0.2, 0.25) is 0 Å². The molecular weight excluding hydrogens is 506 g/mol. The van der Waals surface area contributed by atoms with Crippen molar-refractivity contribution in [1.82, 2.24) is 4.90 Å². The van der Waals surface area contributed by atoms with E-state index in [1.54, 1.807) is 36.4 Å². The number of anilines is 2. The zero-order valence-electron chi connectivity index (χ0n) is 20.7. The van der Waals surface area contributed by atoms with Gasteiger partial charge in [0.1, 0.15) is 10.7 Å². The Balaban J connectivity index is 1.42. The van der Waals surface area contributed by atoms with Gasteiger partial charge in [-0.3, -0.25) is 19.3 Å². The van der Waals surface area contributed by atoms with Crippen molar-refractivity contribution in [2.24, 2.45) is 0 Å². The number of ether oxygens (including phenoxy) is 1. The molecule has 9 heteroatoms. The SMILES string of the molecule is CCCOC(=O)c1cccc(NC(=O)c2cccc(NC3=C(Cl)C(=O)N(CCc4ccccc4)C3=O)c2)c1. The molecule has 0 saturated carbocycles. The minimum atomic E-state index is -0.568. The first-order chi connectivity index (χ1) is 18.4. The van der Waals surface area contributed by atoms with E-state index in [2.05, 4.69) is 10.6 Å². The van der Waals surface area contributed by atoms with Crippen LogP contribution in [0.5, 0.6) is 0 Å². The molecule has 4 rings (SSSR count). The molecule has 3 aromatic carbocycles. The summed E-state index contributed by atoms with van der Waals surface area (Å²) in [6.07, 6.45) is 1.21. The third-order valence-electron chi connectivity index (χ3n) is 5.77. The summed E-state index contributed by atoms with van der Waals surface area (Å²) in [6, 6.07) is 22.4. The molecule has 38 heavy (non-hydrogen) atoms. The first-order valence-electron chi connectivity index (χ1n) is 12.1. The Hall–Kier alpha value is -4.43. The van der Waals surface area contributed by atoms with E-state index < -0.39 is 23.7 Å². The summed E-state index contributed by atoms with van der Waals surface area (Å²) in [6.45, 7) is 2.41. The van der Waals surface area contributed by atoms with Gasteiger partial charge in [0.05, 0.1) is 12.2 Å². The van der Waals surface area contributed by atoms with E-state index in [-0.39, 0.29) is 17.3 Å². The molecule has 0 saturated heterocycles. The summed E-state index contributed by atoms with van der Waals surface area (Å²) in [5.41, 5.74) is 2.41. The van der Waals surface area contributed by atoms with Crippen LogP contribution in [0.4, 0.5) is 11.4 Å². The second kappa shape index (κ2) is 12.2. The van der Waals surface area contributed by atoms with E-state index in [4.69, 9.17) is 16.3 Å². The van der Waals surface area contributed by atoms with E-state index in [0.29, 0.717) is 42.0 Å². The number of hydrogen-bond donors (Lipinski definition) is 2. The molecule has 2 N–H and O–H groups in total. The Bertz CT molecular complexity index is 1400. The molecule has 0 aromatic heterocycles. The van der Waals surface area contributed by atoms with Gasteiger partial charge in [0.15, 0.2) is 0 Å². The Kier molecular flexibility index (Phi) is 8.55. The lowest BCUT2D eigenvalue weighted by molar-refractivity contribution is -0.137. The van der Waals surface area contributed by atoms with Crippen molar-refractivity contribution in [2.45, 2.75) is 19.8 Å².